The first-order valence-corrected chi connectivity index (χ1v) is 7.87. The van der Waals surface area contributed by atoms with Gasteiger partial charge in [0.1, 0.15) is 11.5 Å². The molecule has 2 nitrogen and oxygen atoms in total. The van der Waals surface area contributed by atoms with E-state index in [2.05, 4.69) is 44.0 Å². The summed E-state index contributed by atoms with van der Waals surface area (Å²) in [5.41, 5.74) is 2.54. The van der Waals surface area contributed by atoms with Crippen LogP contribution in [-0.2, 0) is 12.8 Å². The SMILES string of the molecule is COc1ccc(CCc2ccc(OC)cc2Br)c(Br)c1. The van der Waals surface area contributed by atoms with Crippen molar-refractivity contribution in [1.82, 2.24) is 0 Å². The first-order chi connectivity index (χ1) is 9.63. The maximum atomic E-state index is 5.21. The molecule has 0 radical (unpaired) electrons. The minimum Gasteiger partial charge on any atom is -0.497 e. The minimum atomic E-state index is 0.867. The standard InChI is InChI=1S/C16H16Br2O2/c1-19-13-7-5-11(15(17)9-13)3-4-12-6-8-14(20-2)10-16(12)18/h5-10H,3-4H2,1-2H3. The van der Waals surface area contributed by atoms with Crippen molar-refractivity contribution in [3.63, 3.8) is 0 Å². The van der Waals surface area contributed by atoms with E-state index < -0.39 is 0 Å². The Morgan fingerprint density at radius 3 is 1.45 bits per heavy atom. The summed E-state index contributed by atoms with van der Waals surface area (Å²) in [5, 5.41) is 0. The lowest BCUT2D eigenvalue weighted by atomic mass is 10.0. The van der Waals surface area contributed by atoms with Crippen LogP contribution in [0.4, 0.5) is 0 Å². The van der Waals surface area contributed by atoms with Gasteiger partial charge in [-0.05, 0) is 48.2 Å². The fourth-order valence-corrected chi connectivity index (χ4v) is 3.10. The number of ether oxygens (including phenoxy) is 2. The minimum absolute atomic E-state index is 0.867. The highest BCUT2D eigenvalue weighted by Gasteiger charge is 2.06. The van der Waals surface area contributed by atoms with Crippen LogP contribution in [0.1, 0.15) is 11.1 Å². The molecule has 0 atom stereocenters. The van der Waals surface area contributed by atoms with Crippen LogP contribution in [0, 0.1) is 0 Å². The van der Waals surface area contributed by atoms with E-state index in [1.807, 2.05) is 24.3 Å². The van der Waals surface area contributed by atoms with Gasteiger partial charge in [-0.25, -0.2) is 0 Å². The molecule has 0 saturated carbocycles. The van der Waals surface area contributed by atoms with E-state index in [0.717, 1.165) is 33.3 Å². The molecule has 0 spiro atoms. The Bertz CT molecular complexity index is 544. The molecule has 0 aliphatic rings. The summed E-state index contributed by atoms with van der Waals surface area (Å²) in [6.45, 7) is 0. The van der Waals surface area contributed by atoms with Crippen LogP contribution in [0.25, 0.3) is 0 Å². The van der Waals surface area contributed by atoms with Gasteiger partial charge >= 0.3 is 0 Å². The second-order valence-electron chi connectivity index (χ2n) is 4.41. The lowest BCUT2D eigenvalue weighted by Gasteiger charge is -2.09. The largest absolute Gasteiger partial charge is 0.497 e. The first kappa shape index (κ1) is 15.4. The molecule has 2 aromatic carbocycles. The van der Waals surface area contributed by atoms with Crippen LogP contribution in [0.3, 0.4) is 0 Å². The zero-order valence-corrected chi connectivity index (χ0v) is 14.6. The van der Waals surface area contributed by atoms with E-state index in [4.69, 9.17) is 9.47 Å². The van der Waals surface area contributed by atoms with Crippen molar-refractivity contribution in [2.45, 2.75) is 12.8 Å². The average molecular weight is 400 g/mol. The average Bonchev–Trinajstić information content (AvgIpc) is 2.46. The molecule has 0 fully saturated rings. The van der Waals surface area contributed by atoms with Gasteiger partial charge < -0.3 is 9.47 Å². The number of benzene rings is 2. The summed E-state index contributed by atoms with van der Waals surface area (Å²) in [5.74, 6) is 1.73. The van der Waals surface area contributed by atoms with Crippen LogP contribution >= 0.6 is 31.9 Å². The van der Waals surface area contributed by atoms with Crippen LogP contribution in [0.5, 0.6) is 11.5 Å². The predicted molar refractivity (Wildman–Crippen MR) is 88.8 cm³/mol. The van der Waals surface area contributed by atoms with Crippen molar-refractivity contribution >= 4 is 31.9 Å². The number of hydrogen-bond donors (Lipinski definition) is 0. The third-order valence-electron chi connectivity index (χ3n) is 3.18. The molecule has 0 unspecified atom stereocenters. The van der Waals surface area contributed by atoms with Crippen molar-refractivity contribution in [3.05, 3.63) is 56.5 Å². The van der Waals surface area contributed by atoms with Crippen molar-refractivity contribution in [1.29, 1.82) is 0 Å². The van der Waals surface area contributed by atoms with E-state index in [-0.39, 0.29) is 0 Å². The molecule has 0 N–H and O–H groups in total. The lowest BCUT2D eigenvalue weighted by molar-refractivity contribution is 0.414. The summed E-state index contributed by atoms with van der Waals surface area (Å²) in [4.78, 5) is 0. The molecule has 106 valence electrons. The van der Waals surface area contributed by atoms with Crippen molar-refractivity contribution in [3.8, 4) is 11.5 Å². The summed E-state index contributed by atoms with van der Waals surface area (Å²) < 4.78 is 12.6. The highest BCUT2D eigenvalue weighted by Crippen LogP contribution is 2.27. The van der Waals surface area contributed by atoms with Gasteiger partial charge in [0.15, 0.2) is 0 Å². The smallest absolute Gasteiger partial charge is 0.120 e. The zero-order valence-electron chi connectivity index (χ0n) is 11.5. The van der Waals surface area contributed by atoms with Gasteiger partial charge in [0.05, 0.1) is 14.2 Å². The molecule has 0 aromatic heterocycles. The van der Waals surface area contributed by atoms with Gasteiger partial charge in [-0.15, -0.1) is 0 Å². The zero-order chi connectivity index (χ0) is 14.5. The molecular weight excluding hydrogens is 384 g/mol. The van der Waals surface area contributed by atoms with Crippen molar-refractivity contribution < 1.29 is 9.47 Å². The third kappa shape index (κ3) is 3.76. The Balaban J connectivity index is 2.09. The van der Waals surface area contributed by atoms with Gasteiger partial charge in [-0.2, -0.15) is 0 Å². The molecule has 0 aliphatic carbocycles. The molecule has 0 bridgehead atoms. The maximum Gasteiger partial charge on any atom is 0.120 e. The van der Waals surface area contributed by atoms with E-state index in [1.54, 1.807) is 14.2 Å². The number of aryl methyl sites for hydroxylation is 2. The number of halogens is 2. The number of methoxy groups -OCH3 is 2. The van der Waals surface area contributed by atoms with E-state index in [1.165, 1.54) is 11.1 Å². The Morgan fingerprint density at radius 2 is 1.15 bits per heavy atom. The Hall–Kier alpha value is -1.00. The highest BCUT2D eigenvalue weighted by molar-refractivity contribution is 9.10. The Kier molecular flexibility index (Phi) is 5.49. The van der Waals surface area contributed by atoms with Crippen LogP contribution < -0.4 is 9.47 Å². The Labute approximate surface area is 136 Å². The lowest BCUT2D eigenvalue weighted by Crippen LogP contribution is -1.95. The summed E-state index contributed by atoms with van der Waals surface area (Å²) >= 11 is 7.18. The Morgan fingerprint density at radius 1 is 0.750 bits per heavy atom. The van der Waals surface area contributed by atoms with Gasteiger partial charge in [0.25, 0.3) is 0 Å². The maximum absolute atomic E-state index is 5.21. The molecule has 2 rings (SSSR count). The second-order valence-corrected chi connectivity index (χ2v) is 6.12. The van der Waals surface area contributed by atoms with E-state index in [0.29, 0.717) is 0 Å². The number of hydrogen-bond acceptors (Lipinski definition) is 2. The van der Waals surface area contributed by atoms with E-state index >= 15 is 0 Å². The monoisotopic (exact) mass is 398 g/mol. The second kappa shape index (κ2) is 7.14. The van der Waals surface area contributed by atoms with Crippen LogP contribution in [0.15, 0.2) is 45.3 Å². The van der Waals surface area contributed by atoms with Crippen LogP contribution in [0.2, 0.25) is 0 Å². The molecule has 0 saturated heterocycles. The molecule has 0 aliphatic heterocycles. The molecular formula is C16H16Br2O2. The molecule has 20 heavy (non-hydrogen) atoms. The van der Waals surface area contributed by atoms with E-state index in [9.17, 15) is 0 Å². The normalized spacial score (nSPS) is 10.4. The van der Waals surface area contributed by atoms with Gasteiger partial charge in [-0.1, -0.05) is 44.0 Å². The predicted octanol–water partition coefficient (Wildman–Crippen LogP) is 5.01. The third-order valence-corrected chi connectivity index (χ3v) is 4.66. The summed E-state index contributed by atoms with van der Waals surface area (Å²) in [6.07, 6.45) is 1.94. The van der Waals surface area contributed by atoms with Gasteiger partial charge in [0, 0.05) is 8.95 Å². The van der Waals surface area contributed by atoms with Crippen LogP contribution in [-0.4, -0.2) is 14.2 Å². The molecule has 0 amide bonds. The topological polar surface area (TPSA) is 18.5 Å². The first-order valence-electron chi connectivity index (χ1n) is 6.29. The number of rotatable bonds is 5. The summed E-state index contributed by atoms with van der Waals surface area (Å²) in [7, 11) is 3.35. The van der Waals surface area contributed by atoms with Gasteiger partial charge in [-0.3, -0.25) is 0 Å². The van der Waals surface area contributed by atoms with Gasteiger partial charge in [0.2, 0.25) is 0 Å². The summed E-state index contributed by atoms with van der Waals surface area (Å²) in [6, 6.07) is 12.2. The van der Waals surface area contributed by atoms with Crippen molar-refractivity contribution in [2.75, 3.05) is 14.2 Å². The quantitative estimate of drug-likeness (QED) is 0.703. The van der Waals surface area contributed by atoms with Crippen molar-refractivity contribution in [2.24, 2.45) is 0 Å². The molecule has 2 aromatic rings. The fraction of sp³-hybridized carbons (Fsp3) is 0.250. The fourth-order valence-electron chi connectivity index (χ4n) is 1.98. The molecule has 4 heteroatoms. The molecule has 0 heterocycles. The highest BCUT2D eigenvalue weighted by atomic mass is 79.9.